The van der Waals surface area contributed by atoms with Gasteiger partial charge >= 0.3 is 6.18 Å². The van der Waals surface area contributed by atoms with Crippen molar-refractivity contribution in [1.82, 2.24) is 15.0 Å². The van der Waals surface area contributed by atoms with Crippen LogP contribution in [0.4, 0.5) is 23.2 Å². The van der Waals surface area contributed by atoms with Gasteiger partial charge < -0.3 is 19.6 Å². The highest BCUT2D eigenvalue weighted by Crippen LogP contribution is 2.33. The average Bonchev–Trinajstić information content (AvgIpc) is 3.42. The van der Waals surface area contributed by atoms with Gasteiger partial charge in [-0.2, -0.15) is 13.2 Å². The number of aromatic nitrogens is 3. The van der Waals surface area contributed by atoms with Gasteiger partial charge in [-0.1, -0.05) is 18.2 Å². The standard InChI is InChI=1S/C25H22F4N4O2/c1-14-13-33(7-4-8-35-14)16-10-19(26)22-20(11-16)31-24(32-22)21-9-15(12-30-21)23(34)17-5-2-3-6-18(17)25(27,28)29/h2-3,5-6,9-12,14,30H,4,7-8,13H2,1H3,(H,31,32)/t14-/m1/s1. The number of hydrogen-bond donors (Lipinski definition) is 2. The third kappa shape index (κ3) is 4.53. The number of fused-ring (bicyclic) bond motifs is 1. The first-order valence-electron chi connectivity index (χ1n) is 11.2. The first kappa shape index (κ1) is 23.1. The second-order valence-electron chi connectivity index (χ2n) is 8.56. The molecule has 1 saturated heterocycles. The van der Waals surface area contributed by atoms with Crippen molar-refractivity contribution in [3.63, 3.8) is 0 Å². The van der Waals surface area contributed by atoms with Crippen LogP contribution >= 0.6 is 0 Å². The number of nitrogens with zero attached hydrogens (tertiary/aromatic N) is 2. The molecule has 2 aromatic heterocycles. The summed E-state index contributed by atoms with van der Waals surface area (Å²) in [6.07, 6.45) is -2.49. The van der Waals surface area contributed by atoms with Crippen molar-refractivity contribution in [3.8, 4) is 11.5 Å². The van der Waals surface area contributed by atoms with E-state index in [-0.39, 0.29) is 23.0 Å². The molecule has 0 bridgehead atoms. The molecule has 3 heterocycles. The minimum absolute atomic E-state index is 0.0194. The third-order valence-corrected chi connectivity index (χ3v) is 6.02. The van der Waals surface area contributed by atoms with Crippen LogP contribution < -0.4 is 4.90 Å². The number of hydrogen-bond acceptors (Lipinski definition) is 4. The molecule has 0 spiro atoms. The van der Waals surface area contributed by atoms with Gasteiger partial charge in [0.1, 0.15) is 5.52 Å². The second kappa shape index (κ2) is 8.84. The maximum Gasteiger partial charge on any atom is 0.417 e. The Labute approximate surface area is 197 Å². The van der Waals surface area contributed by atoms with E-state index in [2.05, 4.69) is 19.9 Å². The fourth-order valence-electron chi connectivity index (χ4n) is 4.35. The van der Waals surface area contributed by atoms with Crippen molar-refractivity contribution in [2.24, 2.45) is 0 Å². The van der Waals surface area contributed by atoms with E-state index in [1.54, 1.807) is 0 Å². The molecule has 0 amide bonds. The second-order valence-corrected chi connectivity index (χ2v) is 8.56. The number of carbonyl (C=O) groups is 1. The molecule has 1 fully saturated rings. The number of H-pyrrole nitrogens is 2. The molecule has 10 heteroatoms. The summed E-state index contributed by atoms with van der Waals surface area (Å²) >= 11 is 0. The number of alkyl halides is 3. The number of ether oxygens (including phenoxy) is 1. The Morgan fingerprint density at radius 1 is 1.20 bits per heavy atom. The SMILES string of the molecule is C[C@@H]1CN(c2cc(F)c3nc(-c4cc(C(=O)c5ccccc5C(F)(F)F)c[nH]4)[nH]c3c2)CCCO1. The Hall–Kier alpha value is -3.66. The molecule has 1 atom stereocenters. The lowest BCUT2D eigenvalue weighted by atomic mass is 9.99. The molecule has 0 saturated carbocycles. The maximum atomic E-state index is 14.9. The molecular weight excluding hydrogens is 464 g/mol. The van der Waals surface area contributed by atoms with Crippen LogP contribution in [0.5, 0.6) is 0 Å². The van der Waals surface area contributed by atoms with Gasteiger partial charge in [-0.05, 0) is 37.6 Å². The number of benzene rings is 2. The smallest absolute Gasteiger partial charge is 0.377 e. The zero-order chi connectivity index (χ0) is 24.7. The molecule has 6 nitrogen and oxygen atoms in total. The van der Waals surface area contributed by atoms with Crippen LogP contribution in [0.3, 0.4) is 0 Å². The van der Waals surface area contributed by atoms with E-state index in [0.29, 0.717) is 30.0 Å². The van der Waals surface area contributed by atoms with Gasteiger partial charge in [0.2, 0.25) is 0 Å². The Morgan fingerprint density at radius 3 is 2.80 bits per heavy atom. The van der Waals surface area contributed by atoms with Gasteiger partial charge in [0.15, 0.2) is 17.4 Å². The van der Waals surface area contributed by atoms with Gasteiger partial charge in [0.25, 0.3) is 0 Å². The van der Waals surface area contributed by atoms with Crippen LogP contribution in [0.1, 0.15) is 34.8 Å². The van der Waals surface area contributed by atoms with E-state index < -0.39 is 28.9 Å². The molecule has 0 aliphatic carbocycles. The summed E-state index contributed by atoms with van der Waals surface area (Å²) in [6.45, 7) is 3.99. The normalized spacial score (nSPS) is 17.1. The third-order valence-electron chi connectivity index (χ3n) is 6.02. The highest BCUT2D eigenvalue weighted by Gasteiger charge is 2.35. The van der Waals surface area contributed by atoms with Crippen LogP contribution in [0, 0.1) is 5.82 Å². The van der Waals surface area contributed by atoms with Crippen LogP contribution in [-0.2, 0) is 10.9 Å². The van der Waals surface area contributed by atoms with Gasteiger partial charge in [-0.3, -0.25) is 4.79 Å². The minimum atomic E-state index is -4.66. The molecule has 2 aromatic carbocycles. The van der Waals surface area contributed by atoms with Gasteiger partial charge in [-0.15, -0.1) is 0 Å². The Bertz CT molecular complexity index is 1390. The molecule has 1 aliphatic rings. The van der Waals surface area contributed by atoms with Crippen molar-refractivity contribution in [2.75, 3.05) is 24.6 Å². The Kier molecular flexibility index (Phi) is 5.84. The first-order valence-corrected chi connectivity index (χ1v) is 11.2. The topological polar surface area (TPSA) is 74.0 Å². The van der Waals surface area contributed by atoms with Crippen molar-refractivity contribution in [3.05, 3.63) is 71.2 Å². The molecule has 0 radical (unpaired) electrons. The van der Waals surface area contributed by atoms with Gasteiger partial charge in [0, 0.05) is 42.7 Å². The largest absolute Gasteiger partial charge is 0.417 e. The summed E-state index contributed by atoms with van der Waals surface area (Å²) in [7, 11) is 0. The Balaban J connectivity index is 1.46. The van der Waals surface area contributed by atoms with E-state index in [9.17, 15) is 22.4 Å². The molecule has 0 unspecified atom stereocenters. The van der Waals surface area contributed by atoms with Crippen molar-refractivity contribution >= 4 is 22.5 Å². The summed E-state index contributed by atoms with van der Waals surface area (Å²) in [4.78, 5) is 25.1. The predicted octanol–water partition coefficient (Wildman–Crippen LogP) is 5.56. The maximum absolute atomic E-state index is 14.9. The van der Waals surface area contributed by atoms with E-state index in [4.69, 9.17) is 4.74 Å². The lowest BCUT2D eigenvalue weighted by Crippen LogP contribution is -2.30. The number of nitrogens with one attached hydrogen (secondary N) is 2. The molecule has 2 N–H and O–H groups in total. The Morgan fingerprint density at radius 2 is 2.00 bits per heavy atom. The fraction of sp³-hybridized carbons (Fsp3) is 0.280. The average molecular weight is 486 g/mol. The first-order chi connectivity index (χ1) is 16.7. The number of rotatable bonds is 4. The van der Waals surface area contributed by atoms with Crippen LogP contribution in [0.25, 0.3) is 22.6 Å². The van der Waals surface area contributed by atoms with Crippen LogP contribution in [0.15, 0.2) is 48.7 Å². The number of halogens is 4. The molecule has 182 valence electrons. The van der Waals surface area contributed by atoms with Crippen LogP contribution in [-0.4, -0.2) is 46.5 Å². The highest BCUT2D eigenvalue weighted by molar-refractivity contribution is 6.10. The summed E-state index contributed by atoms with van der Waals surface area (Å²) in [5.74, 6) is -1.01. The summed E-state index contributed by atoms with van der Waals surface area (Å²) in [5.41, 5.74) is 0.253. The zero-order valence-corrected chi connectivity index (χ0v) is 18.7. The summed E-state index contributed by atoms with van der Waals surface area (Å²) < 4.78 is 60.6. The molecule has 5 rings (SSSR count). The summed E-state index contributed by atoms with van der Waals surface area (Å²) in [6, 6.07) is 9.28. The monoisotopic (exact) mass is 486 g/mol. The van der Waals surface area contributed by atoms with Crippen molar-refractivity contribution in [2.45, 2.75) is 25.6 Å². The highest BCUT2D eigenvalue weighted by atomic mass is 19.4. The van der Waals surface area contributed by atoms with E-state index >= 15 is 0 Å². The number of imidazole rings is 1. The lowest BCUT2D eigenvalue weighted by molar-refractivity contribution is -0.137. The predicted molar refractivity (Wildman–Crippen MR) is 123 cm³/mol. The van der Waals surface area contributed by atoms with E-state index in [1.165, 1.54) is 30.5 Å². The quantitative estimate of drug-likeness (QED) is 0.293. The molecule has 35 heavy (non-hydrogen) atoms. The fourth-order valence-corrected chi connectivity index (χ4v) is 4.35. The van der Waals surface area contributed by atoms with Gasteiger partial charge in [0.05, 0.1) is 22.9 Å². The van der Waals surface area contributed by atoms with E-state index in [0.717, 1.165) is 25.1 Å². The van der Waals surface area contributed by atoms with Crippen molar-refractivity contribution < 1.29 is 27.1 Å². The number of anilines is 1. The number of ketones is 1. The zero-order valence-electron chi connectivity index (χ0n) is 18.7. The van der Waals surface area contributed by atoms with Crippen molar-refractivity contribution in [1.29, 1.82) is 0 Å². The number of aromatic amines is 2. The lowest BCUT2D eigenvalue weighted by Gasteiger charge is -2.24. The molecule has 1 aliphatic heterocycles. The molecule has 4 aromatic rings. The summed E-state index contributed by atoms with van der Waals surface area (Å²) in [5, 5.41) is 0. The van der Waals surface area contributed by atoms with E-state index in [1.807, 2.05) is 13.0 Å². The van der Waals surface area contributed by atoms with Gasteiger partial charge in [-0.25, -0.2) is 9.37 Å². The van der Waals surface area contributed by atoms with Crippen LogP contribution in [0.2, 0.25) is 0 Å². The minimum Gasteiger partial charge on any atom is -0.377 e. The number of carbonyl (C=O) groups excluding carboxylic acids is 1. The molecular formula is C25H22F4N4O2.